The summed E-state index contributed by atoms with van der Waals surface area (Å²) in [5, 5.41) is 6.27. The van der Waals surface area contributed by atoms with Gasteiger partial charge >= 0.3 is 0 Å². The summed E-state index contributed by atoms with van der Waals surface area (Å²) in [5.74, 6) is 0.745. The minimum Gasteiger partial charge on any atom is -0.497 e. The predicted molar refractivity (Wildman–Crippen MR) is 111 cm³/mol. The van der Waals surface area contributed by atoms with Crippen LogP contribution in [-0.2, 0) is 13.1 Å². The first-order valence-electron chi connectivity index (χ1n) is 8.58. The number of fused-ring (bicyclic) bond motifs is 1. The number of hydrogen-bond acceptors (Lipinski definition) is 5. The van der Waals surface area contributed by atoms with Crippen LogP contribution in [0.15, 0.2) is 49.1 Å². The first kappa shape index (κ1) is 18.7. The van der Waals surface area contributed by atoms with E-state index in [2.05, 4.69) is 10.1 Å². The average Bonchev–Trinajstić information content (AvgIpc) is 3.20. The lowest BCUT2D eigenvalue weighted by molar-refractivity contribution is 0.415. The fourth-order valence-corrected chi connectivity index (χ4v) is 3.75. The van der Waals surface area contributed by atoms with Gasteiger partial charge in [-0.3, -0.25) is 0 Å². The normalized spacial score (nSPS) is 11.1. The zero-order valence-electron chi connectivity index (χ0n) is 15.1. The highest BCUT2D eigenvalue weighted by atomic mass is 35.5. The number of ether oxygens (including phenoxy) is 1. The monoisotopic (exact) mass is 413 g/mol. The molecule has 0 fully saturated rings. The van der Waals surface area contributed by atoms with Crippen molar-refractivity contribution in [1.29, 1.82) is 0 Å². The fourth-order valence-electron chi connectivity index (χ4n) is 3.26. The van der Waals surface area contributed by atoms with E-state index < -0.39 is 0 Å². The highest BCUT2D eigenvalue weighted by Crippen LogP contribution is 2.36. The molecule has 0 aliphatic heterocycles. The molecular formula is C20H17Cl2N5O. The topological polar surface area (TPSA) is 78.9 Å². The summed E-state index contributed by atoms with van der Waals surface area (Å²) in [7, 11) is 1.64. The Bertz CT molecular complexity index is 1150. The van der Waals surface area contributed by atoms with Crippen molar-refractivity contribution >= 4 is 34.1 Å². The van der Waals surface area contributed by atoms with Gasteiger partial charge in [0.05, 0.1) is 29.9 Å². The molecule has 4 aromatic rings. The third-order valence-electron chi connectivity index (χ3n) is 4.59. The van der Waals surface area contributed by atoms with Crippen molar-refractivity contribution in [2.75, 3.05) is 7.11 Å². The second-order valence-electron chi connectivity index (χ2n) is 6.22. The van der Waals surface area contributed by atoms with Crippen LogP contribution >= 0.6 is 23.2 Å². The van der Waals surface area contributed by atoms with Crippen LogP contribution in [0.2, 0.25) is 10.0 Å². The van der Waals surface area contributed by atoms with Gasteiger partial charge in [0.25, 0.3) is 0 Å². The summed E-state index contributed by atoms with van der Waals surface area (Å²) in [6, 6.07) is 11.1. The summed E-state index contributed by atoms with van der Waals surface area (Å²) in [5.41, 5.74) is 10.4. The van der Waals surface area contributed by atoms with Crippen LogP contribution in [0.4, 0.5) is 0 Å². The van der Waals surface area contributed by atoms with E-state index >= 15 is 0 Å². The summed E-state index contributed by atoms with van der Waals surface area (Å²) in [4.78, 5) is 8.90. The van der Waals surface area contributed by atoms with E-state index in [0.717, 1.165) is 39.0 Å². The number of rotatable bonds is 5. The lowest BCUT2D eigenvalue weighted by atomic mass is 9.96. The highest BCUT2D eigenvalue weighted by molar-refractivity contribution is 6.36. The van der Waals surface area contributed by atoms with Crippen LogP contribution in [0.5, 0.6) is 5.75 Å². The molecule has 0 unspecified atom stereocenters. The van der Waals surface area contributed by atoms with Gasteiger partial charge < -0.3 is 10.5 Å². The predicted octanol–water partition coefficient (Wildman–Crippen LogP) is 4.32. The van der Waals surface area contributed by atoms with Crippen LogP contribution in [0.1, 0.15) is 11.1 Å². The minimum absolute atomic E-state index is 0.290. The highest BCUT2D eigenvalue weighted by Gasteiger charge is 2.18. The van der Waals surface area contributed by atoms with E-state index in [1.807, 2.05) is 24.3 Å². The summed E-state index contributed by atoms with van der Waals surface area (Å²) in [6.45, 7) is 0.787. The Balaban J connectivity index is 2.03. The molecule has 4 rings (SSSR count). The first-order valence-corrected chi connectivity index (χ1v) is 9.33. The Morgan fingerprint density at radius 3 is 2.64 bits per heavy atom. The maximum absolute atomic E-state index is 6.47. The first-order chi connectivity index (χ1) is 13.6. The Hall–Kier alpha value is -2.67. The van der Waals surface area contributed by atoms with Crippen LogP contribution in [0.3, 0.4) is 0 Å². The average molecular weight is 414 g/mol. The standard InChI is InChI=1S/C20H17Cl2N5O/c1-28-13-3-5-19-15(7-13)17(9-27-11-24-10-25-27)16(8-23)20(26-19)14-4-2-12(21)6-18(14)22/h2-7,10-11H,8-9,23H2,1H3. The van der Waals surface area contributed by atoms with Crippen LogP contribution in [0, 0.1) is 0 Å². The maximum Gasteiger partial charge on any atom is 0.137 e. The van der Waals surface area contributed by atoms with Crippen molar-refractivity contribution in [3.8, 4) is 17.0 Å². The van der Waals surface area contributed by atoms with Crippen molar-refractivity contribution in [2.45, 2.75) is 13.1 Å². The van der Waals surface area contributed by atoms with Gasteiger partial charge in [-0.25, -0.2) is 14.6 Å². The molecule has 0 radical (unpaired) electrons. The van der Waals surface area contributed by atoms with Crippen molar-refractivity contribution in [3.05, 3.63) is 70.2 Å². The smallest absolute Gasteiger partial charge is 0.137 e. The van der Waals surface area contributed by atoms with E-state index in [0.29, 0.717) is 23.1 Å². The number of hydrogen-bond donors (Lipinski definition) is 1. The SMILES string of the molecule is COc1ccc2nc(-c3ccc(Cl)cc3Cl)c(CN)c(Cn3cncn3)c2c1. The Morgan fingerprint density at radius 2 is 1.96 bits per heavy atom. The molecule has 142 valence electrons. The molecule has 28 heavy (non-hydrogen) atoms. The summed E-state index contributed by atoms with van der Waals surface area (Å²) >= 11 is 12.5. The van der Waals surface area contributed by atoms with Gasteiger partial charge in [-0.2, -0.15) is 5.10 Å². The largest absolute Gasteiger partial charge is 0.497 e. The molecule has 2 aromatic heterocycles. The lowest BCUT2D eigenvalue weighted by Gasteiger charge is -2.18. The second-order valence-corrected chi connectivity index (χ2v) is 7.07. The van der Waals surface area contributed by atoms with Gasteiger partial charge in [0.2, 0.25) is 0 Å². The van der Waals surface area contributed by atoms with E-state index in [-0.39, 0.29) is 0 Å². The van der Waals surface area contributed by atoms with Gasteiger partial charge in [0, 0.05) is 22.5 Å². The maximum atomic E-state index is 6.47. The molecule has 0 aliphatic carbocycles. The van der Waals surface area contributed by atoms with Gasteiger partial charge in [-0.15, -0.1) is 0 Å². The quantitative estimate of drug-likeness (QED) is 0.526. The molecule has 0 aliphatic rings. The molecule has 0 amide bonds. The number of aromatic nitrogens is 4. The van der Waals surface area contributed by atoms with Crippen molar-refractivity contribution in [1.82, 2.24) is 19.7 Å². The number of methoxy groups -OCH3 is 1. The number of nitrogens with zero attached hydrogens (tertiary/aromatic N) is 4. The van der Waals surface area contributed by atoms with E-state index in [1.54, 1.807) is 30.3 Å². The molecule has 2 N–H and O–H groups in total. The number of benzene rings is 2. The molecule has 0 saturated heterocycles. The third-order valence-corrected chi connectivity index (χ3v) is 5.14. The number of halogens is 2. The zero-order valence-corrected chi connectivity index (χ0v) is 16.6. The molecule has 8 heteroatoms. The van der Waals surface area contributed by atoms with Crippen LogP contribution in [-0.4, -0.2) is 26.9 Å². The lowest BCUT2D eigenvalue weighted by Crippen LogP contribution is -2.11. The zero-order chi connectivity index (χ0) is 19.7. The Labute approximate surface area is 171 Å². The van der Waals surface area contributed by atoms with Gasteiger partial charge in [0.15, 0.2) is 0 Å². The molecule has 0 spiro atoms. The van der Waals surface area contributed by atoms with Crippen molar-refractivity contribution < 1.29 is 4.74 Å². The molecular weight excluding hydrogens is 397 g/mol. The van der Waals surface area contributed by atoms with Gasteiger partial charge in [-0.1, -0.05) is 23.2 Å². The second kappa shape index (κ2) is 7.75. The Morgan fingerprint density at radius 1 is 1.11 bits per heavy atom. The van der Waals surface area contributed by atoms with Gasteiger partial charge in [0.1, 0.15) is 18.4 Å². The molecule has 6 nitrogen and oxygen atoms in total. The molecule has 0 saturated carbocycles. The van der Waals surface area contributed by atoms with Crippen molar-refractivity contribution in [3.63, 3.8) is 0 Å². The summed E-state index contributed by atoms with van der Waals surface area (Å²) in [6.07, 6.45) is 3.17. The van der Waals surface area contributed by atoms with E-state index in [9.17, 15) is 0 Å². The van der Waals surface area contributed by atoms with Gasteiger partial charge in [-0.05, 0) is 47.5 Å². The number of pyridine rings is 1. The molecule has 0 atom stereocenters. The third kappa shape index (κ3) is 3.42. The van der Waals surface area contributed by atoms with Crippen LogP contribution < -0.4 is 10.5 Å². The van der Waals surface area contributed by atoms with Crippen LogP contribution in [0.25, 0.3) is 22.2 Å². The fraction of sp³-hybridized carbons (Fsp3) is 0.150. The molecule has 2 aromatic carbocycles. The minimum atomic E-state index is 0.290. The number of nitrogens with two attached hydrogens (primary N) is 1. The van der Waals surface area contributed by atoms with E-state index in [4.69, 9.17) is 38.7 Å². The van der Waals surface area contributed by atoms with Crippen molar-refractivity contribution in [2.24, 2.45) is 5.73 Å². The Kier molecular flexibility index (Phi) is 5.17. The summed E-state index contributed by atoms with van der Waals surface area (Å²) < 4.78 is 7.15. The molecule has 2 heterocycles. The molecule has 0 bridgehead atoms. The van der Waals surface area contributed by atoms with E-state index in [1.165, 1.54) is 6.33 Å².